The summed E-state index contributed by atoms with van der Waals surface area (Å²) in [6.07, 6.45) is -1.39. The van der Waals surface area contributed by atoms with E-state index >= 15 is 0 Å². The Kier molecular flexibility index (Phi) is 3.39. The number of pyridine rings is 1. The summed E-state index contributed by atoms with van der Waals surface area (Å²) in [4.78, 5) is 3.78. The Balaban J connectivity index is 3.10. The topological polar surface area (TPSA) is 33.1 Å². The Morgan fingerprint density at radius 3 is 2.47 bits per heavy atom. The predicted molar refractivity (Wildman–Crippen MR) is 53.9 cm³/mol. The summed E-state index contributed by atoms with van der Waals surface area (Å²) in [7, 11) is 0. The van der Waals surface area contributed by atoms with E-state index in [1.165, 1.54) is 12.3 Å². The largest absolute Gasteiger partial charge is 0.378 e. The number of hydrogen-bond acceptors (Lipinski definition) is 2. The van der Waals surface area contributed by atoms with Crippen molar-refractivity contribution >= 4 is 0 Å². The molecule has 0 fully saturated rings. The van der Waals surface area contributed by atoms with Gasteiger partial charge in [-0.1, -0.05) is 13.8 Å². The molecule has 1 unspecified atom stereocenters. The fraction of sp³-hybridized carbons (Fsp3) is 0.545. The number of alkyl halides is 2. The number of nitrogens with zero attached hydrogens (tertiary/aromatic N) is 1. The van der Waals surface area contributed by atoms with E-state index in [9.17, 15) is 13.9 Å². The smallest absolute Gasteiger partial charge is 0.272 e. The average molecular weight is 215 g/mol. The van der Waals surface area contributed by atoms with Gasteiger partial charge in [0.2, 0.25) is 0 Å². The monoisotopic (exact) mass is 215 g/mol. The third-order valence-electron chi connectivity index (χ3n) is 2.39. The molecule has 0 aromatic carbocycles. The minimum absolute atomic E-state index is 0.0173. The SMILES string of the molecule is CC(C)c1ccnc(C(C)(O)C(F)F)c1. The molecule has 1 aromatic rings. The van der Waals surface area contributed by atoms with Crippen LogP contribution in [0.2, 0.25) is 0 Å². The summed E-state index contributed by atoms with van der Waals surface area (Å²) in [5.41, 5.74) is -1.27. The van der Waals surface area contributed by atoms with Gasteiger partial charge in [0.15, 0.2) is 5.60 Å². The van der Waals surface area contributed by atoms with E-state index in [1.54, 1.807) is 6.07 Å². The first kappa shape index (κ1) is 12.0. The van der Waals surface area contributed by atoms with Crippen LogP contribution in [0, 0.1) is 0 Å². The molecule has 0 aliphatic carbocycles. The molecule has 0 aliphatic rings. The van der Waals surface area contributed by atoms with Crippen molar-refractivity contribution in [1.82, 2.24) is 4.98 Å². The number of aromatic nitrogens is 1. The van der Waals surface area contributed by atoms with Crippen molar-refractivity contribution in [2.24, 2.45) is 0 Å². The highest BCUT2D eigenvalue weighted by atomic mass is 19.3. The van der Waals surface area contributed by atoms with Crippen LogP contribution < -0.4 is 0 Å². The van der Waals surface area contributed by atoms with Crippen LogP contribution in [0.5, 0.6) is 0 Å². The van der Waals surface area contributed by atoms with Gasteiger partial charge in [-0.15, -0.1) is 0 Å². The van der Waals surface area contributed by atoms with Gasteiger partial charge in [-0.3, -0.25) is 4.98 Å². The molecule has 15 heavy (non-hydrogen) atoms. The lowest BCUT2D eigenvalue weighted by molar-refractivity contribution is -0.0911. The maximum Gasteiger partial charge on any atom is 0.272 e. The number of aliphatic hydroxyl groups is 1. The van der Waals surface area contributed by atoms with Crippen LogP contribution in [0.25, 0.3) is 0 Å². The molecule has 1 rings (SSSR count). The van der Waals surface area contributed by atoms with E-state index in [-0.39, 0.29) is 11.6 Å². The second-order valence-corrected chi connectivity index (χ2v) is 4.08. The van der Waals surface area contributed by atoms with Crippen molar-refractivity contribution in [2.75, 3.05) is 0 Å². The van der Waals surface area contributed by atoms with Gasteiger partial charge in [0.05, 0.1) is 5.69 Å². The molecule has 84 valence electrons. The third-order valence-corrected chi connectivity index (χ3v) is 2.39. The lowest BCUT2D eigenvalue weighted by atomic mass is 9.97. The molecular formula is C11H15F2NO. The van der Waals surface area contributed by atoms with Crippen LogP contribution in [-0.4, -0.2) is 16.5 Å². The molecule has 1 atom stereocenters. The van der Waals surface area contributed by atoms with Gasteiger partial charge in [-0.2, -0.15) is 0 Å². The minimum Gasteiger partial charge on any atom is -0.378 e. The molecule has 1 heterocycles. The van der Waals surface area contributed by atoms with Crippen molar-refractivity contribution < 1.29 is 13.9 Å². The third kappa shape index (κ3) is 2.50. The molecule has 0 saturated carbocycles. The molecule has 1 N–H and O–H groups in total. The van der Waals surface area contributed by atoms with Crippen LogP contribution in [0.3, 0.4) is 0 Å². The Labute approximate surface area is 88.0 Å². The summed E-state index contributed by atoms with van der Waals surface area (Å²) in [5, 5.41) is 9.56. The maximum atomic E-state index is 12.5. The second-order valence-electron chi connectivity index (χ2n) is 4.08. The molecule has 0 saturated heterocycles. The first-order chi connectivity index (χ1) is 6.85. The first-order valence-electron chi connectivity index (χ1n) is 4.82. The molecular weight excluding hydrogens is 200 g/mol. The summed E-state index contributed by atoms with van der Waals surface area (Å²) in [6.45, 7) is 4.98. The lowest BCUT2D eigenvalue weighted by Gasteiger charge is -2.22. The van der Waals surface area contributed by atoms with Gasteiger partial charge < -0.3 is 5.11 Å². The zero-order valence-corrected chi connectivity index (χ0v) is 9.04. The highest BCUT2D eigenvalue weighted by Crippen LogP contribution is 2.27. The predicted octanol–water partition coefficient (Wildman–Crippen LogP) is 2.68. The van der Waals surface area contributed by atoms with Crippen LogP contribution in [-0.2, 0) is 5.60 Å². The summed E-state index contributed by atoms with van der Waals surface area (Å²) < 4.78 is 25.1. The highest BCUT2D eigenvalue weighted by Gasteiger charge is 2.35. The molecule has 0 amide bonds. The Morgan fingerprint density at radius 1 is 1.40 bits per heavy atom. The molecule has 0 aliphatic heterocycles. The Hall–Kier alpha value is -1.03. The van der Waals surface area contributed by atoms with Gasteiger partial charge in [-0.25, -0.2) is 8.78 Å². The average Bonchev–Trinajstić information content (AvgIpc) is 2.17. The van der Waals surface area contributed by atoms with Crippen LogP contribution in [0.4, 0.5) is 8.78 Å². The first-order valence-corrected chi connectivity index (χ1v) is 4.82. The maximum absolute atomic E-state index is 12.5. The highest BCUT2D eigenvalue weighted by molar-refractivity contribution is 5.23. The van der Waals surface area contributed by atoms with Gasteiger partial charge in [0, 0.05) is 6.20 Å². The summed E-state index contributed by atoms with van der Waals surface area (Å²) in [6, 6.07) is 3.28. The van der Waals surface area contributed by atoms with Crippen molar-refractivity contribution in [3.05, 3.63) is 29.6 Å². The number of halogens is 2. The molecule has 0 spiro atoms. The van der Waals surface area contributed by atoms with Gasteiger partial charge in [0.25, 0.3) is 6.43 Å². The Bertz CT molecular complexity index is 337. The minimum atomic E-state index is -2.84. The second kappa shape index (κ2) is 4.23. The van der Waals surface area contributed by atoms with E-state index in [1.807, 2.05) is 13.8 Å². The fourth-order valence-electron chi connectivity index (χ4n) is 1.19. The van der Waals surface area contributed by atoms with E-state index in [0.717, 1.165) is 12.5 Å². The molecule has 1 aromatic heterocycles. The van der Waals surface area contributed by atoms with Crippen LogP contribution in [0.15, 0.2) is 18.3 Å². The molecule has 4 heteroatoms. The zero-order chi connectivity index (χ0) is 11.6. The van der Waals surface area contributed by atoms with E-state index in [2.05, 4.69) is 4.98 Å². The summed E-state index contributed by atoms with van der Waals surface area (Å²) >= 11 is 0. The molecule has 2 nitrogen and oxygen atoms in total. The zero-order valence-electron chi connectivity index (χ0n) is 9.04. The van der Waals surface area contributed by atoms with Crippen LogP contribution in [0.1, 0.15) is 37.9 Å². The molecule has 0 radical (unpaired) electrons. The van der Waals surface area contributed by atoms with Gasteiger partial charge >= 0.3 is 0 Å². The standard InChI is InChI=1S/C11H15F2NO/c1-7(2)8-4-5-14-9(6-8)11(3,15)10(12)13/h4-7,10,15H,1-3H3. The van der Waals surface area contributed by atoms with Crippen molar-refractivity contribution in [3.8, 4) is 0 Å². The number of hydrogen-bond donors (Lipinski definition) is 1. The van der Waals surface area contributed by atoms with Gasteiger partial charge in [-0.05, 0) is 30.5 Å². The molecule has 0 bridgehead atoms. The quantitative estimate of drug-likeness (QED) is 0.840. The Morgan fingerprint density at radius 2 is 2.00 bits per heavy atom. The normalized spacial score (nSPS) is 15.7. The fourth-order valence-corrected chi connectivity index (χ4v) is 1.19. The van der Waals surface area contributed by atoms with E-state index in [4.69, 9.17) is 0 Å². The van der Waals surface area contributed by atoms with E-state index in [0.29, 0.717) is 0 Å². The number of rotatable bonds is 3. The van der Waals surface area contributed by atoms with E-state index < -0.39 is 12.0 Å². The van der Waals surface area contributed by atoms with Crippen molar-refractivity contribution in [1.29, 1.82) is 0 Å². The summed E-state index contributed by atoms with van der Waals surface area (Å²) in [5.74, 6) is 0.222. The van der Waals surface area contributed by atoms with Crippen molar-refractivity contribution in [2.45, 2.75) is 38.7 Å². The lowest BCUT2D eigenvalue weighted by Crippen LogP contribution is -2.31. The van der Waals surface area contributed by atoms with Crippen molar-refractivity contribution in [3.63, 3.8) is 0 Å². The van der Waals surface area contributed by atoms with Gasteiger partial charge in [0.1, 0.15) is 0 Å². The van der Waals surface area contributed by atoms with Crippen LogP contribution >= 0.6 is 0 Å².